The largest absolute Gasteiger partial charge is 0.380 e. The summed E-state index contributed by atoms with van der Waals surface area (Å²) in [4.78, 5) is 4.50. The average Bonchev–Trinajstić information content (AvgIpc) is 2.37. The van der Waals surface area contributed by atoms with Crippen LogP contribution in [0.15, 0.2) is 30.5 Å². The molecule has 1 unspecified atom stereocenters. The third kappa shape index (κ3) is 2.90. The van der Waals surface area contributed by atoms with Gasteiger partial charge >= 0.3 is 0 Å². The molecule has 106 valence electrons. The Morgan fingerprint density at radius 1 is 1.35 bits per heavy atom. The molecule has 1 saturated carbocycles. The van der Waals surface area contributed by atoms with Gasteiger partial charge in [0.05, 0.1) is 11.2 Å². The summed E-state index contributed by atoms with van der Waals surface area (Å²) in [5.74, 6) is 0. The van der Waals surface area contributed by atoms with Crippen molar-refractivity contribution in [1.82, 2.24) is 4.98 Å². The number of hydrogen-bond donors (Lipinski definition) is 1. The summed E-state index contributed by atoms with van der Waals surface area (Å²) in [6.07, 6.45) is 6.88. The Morgan fingerprint density at radius 2 is 2.20 bits per heavy atom. The van der Waals surface area contributed by atoms with Crippen LogP contribution in [-0.4, -0.2) is 11.0 Å². The molecule has 1 aliphatic carbocycles. The van der Waals surface area contributed by atoms with E-state index in [2.05, 4.69) is 30.2 Å². The van der Waals surface area contributed by atoms with Crippen LogP contribution in [0.1, 0.15) is 39.5 Å². The molecule has 0 amide bonds. The Hall–Kier alpha value is -1.28. The first kappa shape index (κ1) is 13.7. The molecule has 0 spiro atoms. The molecule has 1 atom stereocenters. The van der Waals surface area contributed by atoms with Gasteiger partial charge in [-0.1, -0.05) is 37.9 Å². The molecule has 1 aromatic carbocycles. The van der Waals surface area contributed by atoms with Crippen molar-refractivity contribution < 1.29 is 0 Å². The molecule has 1 aromatic heterocycles. The van der Waals surface area contributed by atoms with Gasteiger partial charge in [-0.05, 0) is 42.9 Å². The van der Waals surface area contributed by atoms with Gasteiger partial charge in [-0.25, -0.2) is 0 Å². The molecule has 0 bridgehead atoms. The van der Waals surface area contributed by atoms with Gasteiger partial charge in [0.2, 0.25) is 0 Å². The number of halogens is 1. The van der Waals surface area contributed by atoms with Crippen LogP contribution >= 0.6 is 11.6 Å². The van der Waals surface area contributed by atoms with Crippen molar-refractivity contribution in [1.29, 1.82) is 0 Å². The van der Waals surface area contributed by atoms with Crippen LogP contribution in [-0.2, 0) is 0 Å². The monoisotopic (exact) mass is 288 g/mol. The quantitative estimate of drug-likeness (QED) is 0.814. The van der Waals surface area contributed by atoms with Crippen molar-refractivity contribution in [2.75, 3.05) is 5.32 Å². The predicted octanol–water partition coefficient (Wildman–Crippen LogP) is 5.27. The van der Waals surface area contributed by atoms with Crippen molar-refractivity contribution in [2.24, 2.45) is 5.41 Å². The minimum atomic E-state index is 0.428. The van der Waals surface area contributed by atoms with E-state index in [-0.39, 0.29) is 0 Å². The van der Waals surface area contributed by atoms with E-state index in [1.54, 1.807) is 0 Å². The number of anilines is 1. The molecule has 1 N–H and O–H groups in total. The number of aromatic nitrogens is 1. The van der Waals surface area contributed by atoms with Gasteiger partial charge in [-0.2, -0.15) is 0 Å². The fraction of sp³-hybridized carbons (Fsp3) is 0.471. The highest BCUT2D eigenvalue weighted by molar-refractivity contribution is 6.31. The fourth-order valence-corrected chi connectivity index (χ4v) is 3.53. The average molecular weight is 289 g/mol. The van der Waals surface area contributed by atoms with Crippen LogP contribution in [0, 0.1) is 5.41 Å². The van der Waals surface area contributed by atoms with E-state index in [0.29, 0.717) is 11.5 Å². The minimum Gasteiger partial charge on any atom is -0.380 e. The summed E-state index contributed by atoms with van der Waals surface area (Å²) in [6.45, 7) is 4.71. The lowest BCUT2D eigenvalue weighted by atomic mass is 9.75. The second-order valence-electron chi connectivity index (χ2n) is 6.63. The van der Waals surface area contributed by atoms with Gasteiger partial charge in [0.1, 0.15) is 0 Å². The van der Waals surface area contributed by atoms with Crippen molar-refractivity contribution in [3.05, 3.63) is 35.5 Å². The number of hydrogen-bond acceptors (Lipinski definition) is 2. The van der Waals surface area contributed by atoms with Crippen LogP contribution in [0.2, 0.25) is 5.02 Å². The number of benzene rings is 1. The standard InChI is InChI=1S/C17H21ClN2/c1-17(2)7-3-6-14(11-17)20-15-10-13(18)9-12-5-4-8-19-16(12)15/h4-5,8-10,14,20H,3,6-7,11H2,1-2H3. The molecular weight excluding hydrogens is 268 g/mol. The smallest absolute Gasteiger partial charge is 0.0934 e. The zero-order chi connectivity index (χ0) is 14.2. The molecule has 3 rings (SSSR count). The molecular formula is C17H21ClN2. The highest BCUT2D eigenvalue weighted by atomic mass is 35.5. The van der Waals surface area contributed by atoms with Crippen molar-refractivity contribution in [2.45, 2.75) is 45.6 Å². The third-order valence-corrected chi connectivity index (χ3v) is 4.45. The highest BCUT2D eigenvalue weighted by Crippen LogP contribution is 2.37. The lowest BCUT2D eigenvalue weighted by Gasteiger charge is -2.36. The normalized spacial score (nSPS) is 21.9. The van der Waals surface area contributed by atoms with Crippen LogP contribution in [0.25, 0.3) is 10.9 Å². The second kappa shape index (κ2) is 5.25. The number of nitrogens with zero attached hydrogens (tertiary/aromatic N) is 1. The summed E-state index contributed by atoms with van der Waals surface area (Å²) >= 11 is 6.23. The maximum absolute atomic E-state index is 6.23. The molecule has 0 radical (unpaired) electrons. The lowest BCUT2D eigenvalue weighted by molar-refractivity contribution is 0.229. The second-order valence-corrected chi connectivity index (χ2v) is 7.07. The van der Waals surface area contributed by atoms with Gasteiger partial charge < -0.3 is 5.32 Å². The maximum Gasteiger partial charge on any atom is 0.0934 e. The Bertz CT molecular complexity index is 621. The third-order valence-electron chi connectivity index (χ3n) is 4.23. The summed E-state index contributed by atoms with van der Waals surface area (Å²) in [5.41, 5.74) is 2.51. The molecule has 1 heterocycles. The number of fused-ring (bicyclic) bond motifs is 1. The van der Waals surface area contributed by atoms with Gasteiger partial charge in [0.15, 0.2) is 0 Å². The molecule has 20 heavy (non-hydrogen) atoms. The first-order valence-corrected chi connectivity index (χ1v) is 7.72. The molecule has 0 aliphatic heterocycles. The Labute approximate surface area is 125 Å². The fourth-order valence-electron chi connectivity index (χ4n) is 3.31. The highest BCUT2D eigenvalue weighted by Gasteiger charge is 2.28. The maximum atomic E-state index is 6.23. The summed E-state index contributed by atoms with van der Waals surface area (Å²) in [5, 5.41) is 5.54. The van der Waals surface area contributed by atoms with Crippen LogP contribution in [0.5, 0.6) is 0 Å². The summed E-state index contributed by atoms with van der Waals surface area (Å²) < 4.78 is 0. The van der Waals surface area contributed by atoms with Crippen LogP contribution in [0.3, 0.4) is 0 Å². The molecule has 2 aromatic rings. The SMILES string of the molecule is CC1(C)CCCC(Nc2cc(Cl)cc3cccnc23)C1. The van der Waals surface area contributed by atoms with E-state index in [1.807, 2.05) is 24.4 Å². The van der Waals surface area contributed by atoms with Crippen molar-refractivity contribution in [3.63, 3.8) is 0 Å². The Morgan fingerprint density at radius 3 is 3.00 bits per heavy atom. The Kier molecular flexibility index (Phi) is 3.59. The van der Waals surface area contributed by atoms with Crippen LogP contribution in [0.4, 0.5) is 5.69 Å². The van der Waals surface area contributed by atoms with E-state index in [4.69, 9.17) is 11.6 Å². The van der Waals surface area contributed by atoms with Gasteiger partial charge in [-0.3, -0.25) is 4.98 Å². The Balaban J connectivity index is 1.90. The number of pyridine rings is 1. The van der Waals surface area contributed by atoms with Crippen molar-refractivity contribution in [3.8, 4) is 0 Å². The van der Waals surface area contributed by atoms with Crippen LogP contribution < -0.4 is 5.32 Å². The molecule has 1 fully saturated rings. The zero-order valence-corrected chi connectivity index (χ0v) is 12.9. The minimum absolute atomic E-state index is 0.428. The lowest BCUT2D eigenvalue weighted by Crippen LogP contribution is -2.31. The van der Waals surface area contributed by atoms with Gasteiger partial charge in [-0.15, -0.1) is 0 Å². The van der Waals surface area contributed by atoms with E-state index < -0.39 is 0 Å². The predicted molar refractivity (Wildman–Crippen MR) is 86.4 cm³/mol. The topological polar surface area (TPSA) is 24.9 Å². The summed E-state index contributed by atoms with van der Waals surface area (Å²) in [6, 6.07) is 8.50. The van der Waals surface area contributed by atoms with Gasteiger partial charge in [0, 0.05) is 22.6 Å². The number of rotatable bonds is 2. The first-order valence-electron chi connectivity index (χ1n) is 7.34. The van der Waals surface area contributed by atoms with Crippen molar-refractivity contribution >= 4 is 28.2 Å². The van der Waals surface area contributed by atoms with Gasteiger partial charge in [0.25, 0.3) is 0 Å². The molecule has 0 saturated heterocycles. The summed E-state index contributed by atoms with van der Waals surface area (Å²) in [7, 11) is 0. The number of nitrogens with one attached hydrogen (secondary N) is 1. The van der Waals surface area contributed by atoms with E-state index in [0.717, 1.165) is 21.6 Å². The zero-order valence-electron chi connectivity index (χ0n) is 12.1. The van der Waals surface area contributed by atoms with E-state index >= 15 is 0 Å². The van der Waals surface area contributed by atoms with E-state index in [9.17, 15) is 0 Å². The first-order chi connectivity index (χ1) is 9.53. The molecule has 2 nitrogen and oxygen atoms in total. The van der Waals surface area contributed by atoms with E-state index in [1.165, 1.54) is 25.7 Å². The molecule has 3 heteroatoms. The molecule has 1 aliphatic rings.